The van der Waals surface area contributed by atoms with E-state index in [0.717, 1.165) is 33.6 Å². The van der Waals surface area contributed by atoms with Crippen LogP contribution in [-0.4, -0.2) is 14.8 Å². The van der Waals surface area contributed by atoms with E-state index in [9.17, 15) is 0 Å². The second kappa shape index (κ2) is 6.36. The van der Waals surface area contributed by atoms with Crippen molar-refractivity contribution in [3.63, 3.8) is 0 Å². The van der Waals surface area contributed by atoms with E-state index in [1.807, 2.05) is 23.6 Å². The smallest absolute Gasteiger partial charge is 0.0904 e. The van der Waals surface area contributed by atoms with Crippen LogP contribution in [0.25, 0.3) is 17.2 Å². The molecule has 2 aromatic heterocycles. The molecular formula is C22H19N3. The number of hydrogen-bond acceptors (Lipinski definition) is 2. The van der Waals surface area contributed by atoms with E-state index in [0.29, 0.717) is 0 Å². The Morgan fingerprint density at radius 2 is 1.56 bits per heavy atom. The molecule has 0 fully saturated rings. The Labute approximate surface area is 147 Å². The Morgan fingerprint density at radius 1 is 0.880 bits per heavy atom. The summed E-state index contributed by atoms with van der Waals surface area (Å²) >= 11 is 0. The second-order valence-electron chi connectivity index (χ2n) is 6.22. The van der Waals surface area contributed by atoms with Crippen molar-refractivity contribution in [2.45, 2.75) is 13.8 Å². The predicted octanol–water partition coefficient (Wildman–Crippen LogP) is 4.94. The molecular weight excluding hydrogens is 306 g/mol. The summed E-state index contributed by atoms with van der Waals surface area (Å²) in [7, 11) is 0. The molecule has 3 heteroatoms. The van der Waals surface area contributed by atoms with Crippen molar-refractivity contribution in [2.75, 3.05) is 0 Å². The maximum absolute atomic E-state index is 4.37. The zero-order valence-electron chi connectivity index (χ0n) is 14.3. The van der Waals surface area contributed by atoms with Crippen LogP contribution in [0, 0.1) is 13.8 Å². The van der Waals surface area contributed by atoms with Crippen molar-refractivity contribution < 1.29 is 0 Å². The summed E-state index contributed by atoms with van der Waals surface area (Å²) in [5.41, 5.74) is 7.68. The van der Waals surface area contributed by atoms with Crippen LogP contribution in [0.5, 0.6) is 0 Å². The number of hydrogen-bond donors (Lipinski definition) is 0. The molecule has 25 heavy (non-hydrogen) atoms. The molecule has 0 aliphatic carbocycles. The minimum absolute atomic E-state index is 0.942. The highest BCUT2D eigenvalue weighted by molar-refractivity contribution is 5.91. The number of nitrogens with zero attached hydrogens (tertiary/aromatic N) is 3. The van der Waals surface area contributed by atoms with Crippen molar-refractivity contribution in [3.8, 4) is 0 Å². The molecule has 3 nitrogen and oxygen atoms in total. The van der Waals surface area contributed by atoms with Crippen molar-refractivity contribution in [2.24, 2.45) is 0 Å². The minimum atomic E-state index is 0.942. The lowest BCUT2D eigenvalue weighted by Crippen LogP contribution is -2.01. The fourth-order valence-electron chi connectivity index (χ4n) is 3.07. The molecule has 0 unspecified atom stereocenters. The van der Waals surface area contributed by atoms with Gasteiger partial charge in [0.1, 0.15) is 0 Å². The Balaban J connectivity index is 2.01. The van der Waals surface area contributed by atoms with Gasteiger partial charge in [0.15, 0.2) is 0 Å². The van der Waals surface area contributed by atoms with Crippen molar-refractivity contribution >= 4 is 17.2 Å². The topological polar surface area (TPSA) is 30.2 Å². The third-order valence-corrected chi connectivity index (χ3v) is 4.31. The van der Waals surface area contributed by atoms with Gasteiger partial charge in [-0.1, -0.05) is 65.9 Å². The van der Waals surface area contributed by atoms with Crippen molar-refractivity contribution in [1.82, 2.24) is 14.8 Å². The van der Waals surface area contributed by atoms with E-state index in [1.165, 1.54) is 5.56 Å². The van der Waals surface area contributed by atoms with Gasteiger partial charge >= 0.3 is 0 Å². The van der Waals surface area contributed by atoms with Gasteiger partial charge in [0.25, 0.3) is 0 Å². The molecule has 0 aliphatic heterocycles. The lowest BCUT2D eigenvalue weighted by molar-refractivity contribution is 0.838. The number of benzene rings is 2. The number of fused-ring (bicyclic) bond motifs is 1. The van der Waals surface area contributed by atoms with E-state index >= 15 is 0 Å². The van der Waals surface area contributed by atoms with Gasteiger partial charge in [0, 0.05) is 5.57 Å². The normalized spacial score (nSPS) is 11.8. The molecule has 2 aromatic carbocycles. The highest BCUT2D eigenvalue weighted by atomic mass is 15.4. The Morgan fingerprint density at radius 3 is 2.28 bits per heavy atom. The van der Waals surface area contributed by atoms with E-state index in [2.05, 4.69) is 84.0 Å². The fraction of sp³-hybridized carbons (Fsp3) is 0.0909. The fourth-order valence-corrected chi connectivity index (χ4v) is 3.07. The monoisotopic (exact) mass is 325 g/mol. The largest absolute Gasteiger partial charge is 0.213 e. The summed E-state index contributed by atoms with van der Waals surface area (Å²) in [6.07, 6.45) is 2.21. The molecule has 0 spiro atoms. The first kappa shape index (κ1) is 15.3. The van der Waals surface area contributed by atoms with Crippen LogP contribution in [0.2, 0.25) is 0 Å². The first-order chi connectivity index (χ1) is 12.2. The summed E-state index contributed by atoms with van der Waals surface area (Å²) in [5.74, 6) is 0. The molecule has 0 radical (unpaired) electrons. The van der Waals surface area contributed by atoms with Crippen molar-refractivity contribution in [3.05, 3.63) is 101 Å². The summed E-state index contributed by atoms with van der Waals surface area (Å²) < 4.78 is 1.93. The summed E-state index contributed by atoms with van der Waals surface area (Å²) in [5, 5.41) is 8.64. The molecule has 2 heterocycles. The van der Waals surface area contributed by atoms with E-state index in [4.69, 9.17) is 0 Å². The third-order valence-electron chi connectivity index (χ3n) is 4.31. The first-order valence-corrected chi connectivity index (χ1v) is 8.37. The van der Waals surface area contributed by atoms with Crippen LogP contribution in [0.4, 0.5) is 0 Å². The van der Waals surface area contributed by atoms with Gasteiger partial charge in [-0.05, 0) is 48.7 Å². The summed E-state index contributed by atoms with van der Waals surface area (Å²) in [4.78, 5) is 0. The molecule has 0 amide bonds. The van der Waals surface area contributed by atoms with E-state index in [-0.39, 0.29) is 0 Å². The molecule has 0 atom stereocenters. The van der Waals surface area contributed by atoms with Crippen LogP contribution in [0.15, 0.2) is 72.8 Å². The zero-order chi connectivity index (χ0) is 17.2. The van der Waals surface area contributed by atoms with Gasteiger partial charge in [-0.2, -0.15) is 0 Å². The molecule has 0 saturated carbocycles. The summed E-state index contributed by atoms with van der Waals surface area (Å²) in [6.45, 7) is 4.11. The first-order valence-electron chi connectivity index (χ1n) is 8.37. The van der Waals surface area contributed by atoms with Crippen LogP contribution in [0.1, 0.15) is 28.1 Å². The number of aromatic nitrogens is 3. The molecule has 0 saturated heterocycles. The Bertz CT molecular complexity index is 1040. The van der Waals surface area contributed by atoms with Gasteiger partial charge in [0.05, 0.1) is 16.9 Å². The zero-order valence-corrected chi connectivity index (χ0v) is 14.3. The lowest BCUT2D eigenvalue weighted by Gasteiger charge is -2.12. The van der Waals surface area contributed by atoms with Crippen LogP contribution in [-0.2, 0) is 0 Å². The van der Waals surface area contributed by atoms with Crippen LogP contribution < -0.4 is 0 Å². The van der Waals surface area contributed by atoms with Gasteiger partial charge < -0.3 is 0 Å². The molecule has 4 rings (SSSR count). The van der Waals surface area contributed by atoms with Gasteiger partial charge in [-0.25, -0.2) is 4.52 Å². The highest BCUT2D eigenvalue weighted by Crippen LogP contribution is 2.28. The average Bonchev–Trinajstić information content (AvgIpc) is 3.02. The molecule has 0 aliphatic rings. The third kappa shape index (κ3) is 2.96. The maximum atomic E-state index is 4.37. The second-order valence-corrected chi connectivity index (χ2v) is 6.22. The van der Waals surface area contributed by atoms with Gasteiger partial charge in [-0.15, -0.1) is 5.10 Å². The average molecular weight is 325 g/mol. The van der Waals surface area contributed by atoms with Crippen LogP contribution in [0.3, 0.4) is 0 Å². The van der Waals surface area contributed by atoms with Gasteiger partial charge in [0.2, 0.25) is 0 Å². The van der Waals surface area contributed by atoms with E-state index in [1.54, 1.807) is 0 Å². The molecule has 0 bridgehead atoms. The lowest BCUT2D eigenvalue weighted by atomic mass is 9.98. The number of pyridine rings is 1. The Kier molecular flexibility index (Phi) is 3.90. The standard InChI is InChI=1S/C22H19N3/c1-16-13-21-17(2)23-24-25(21)22(14-16)20(19-11-7-4-8-12-19)15-18-9-5-3-6-10-18/h3-15H,1-2H3/b20-15+. The molecule has 122 valence electrons. The Hall–Kier alpha value is -3.20. The molecule has 0 N–H and O–H groups in total. The summed E-state index contributed by atoms with van der Waals surface area (Å²) in [6, 6.07) is 25.1. The molecule has 4 aromatic rings. The van der Waals surface area contributed by atoms with Gasteiger partial charge in [-0.3, -0.25) is 0 Å². The number of rotatable bonds is 3. The SMILES string of the molecule is Cc1cc(/C(=C/c2ccccc2)c2ccccc2)n2nnc(C)c2c1. The van der Waals surface area contributed by atoms with Crippen molar-refractivity contribution in [1.29, 1.82) is 0 Å². The highest BCUT2D eigenvalue weighted by Gasteiger charge is 2.13. The predicted molar refractivity (Wildman–Crippen MR) is 102 cm³/mol. The quantitative estimate of drug-likeness (QED) is 0.500. The number of aryl methyl sites for hydroxylation is 2. The van der Waals surface area contributed by atoms with Crippen LogP contribution >= 0.6 is 0 Å². The minimum Gasteiger partial charge on any atom is -0.213 e. The van der Waals surface area contributed by atoms with E-state index < -0.39 is 0 Å². The maximum Gasteiger partial charge on any atom is 0.0904 e.